The van der Waals surface area contributed by atoms with E-state index in [1.54, 1.807) is 0 Å². The minimum absolute atomic E-state index is 0.460. The lowest BCUT2D eigenvalue weighted by atomic mass is 9.99. The van der Waals surface area contributed by atoms with Crippen molar-refractivity contribution < 1.29 is 0 Å². The van der Waals surface area contributed by atoms with Gasteiger partial charge in [-0.1, -0.05) is 38.1 Å². The van der Waals surface area contributed by atoms with Crippen molar-refractivity contribution in [3.63, 3.8) is 0 Å². The maximum atomic E-state index is 3.83. The fourth-order valence-corrected chi connectivity index (χ4v) is 3.56. The van der Waals surface area contributed by atoms with Crippen LogP contribution in [0.3, 0.4) is 0 Å². The Morgan fingerprint density at radius 2 is 1.81 bits per heavy atom. The predicted molar refractivity (Wildman–Crippen MR) is 89.5 cm³/mol. The summed E-state index contributed by atoms with van der Waals surface area (Å²) in [5, 5.41) is 3.83. The van der Waals surface area contributed by atoms with Crippen molar-refractivity contribution in [2.45, 2.75) is 64.6 Å². The molecule has 0 spiro atoms. The summed E-state index contributed by atoms with van der Waals surface area (Å²) in [4.78, 5) is 2.68. The lowest BCUT2D eigenvalue weighted by molar-refractivity contribution is 0.313. The van der Waals surface area contributed by atoms with E-state index in [-0.39, 0.29) is 0 Å². The number of nitrogens with zero attached hydrogens (tertiary/aromatic N) is 1. The van der Waals surface area contributed by atoms with Gasteiger partial charge in [0, 0.05) is 31.2 Å². The van der Waals surface area contributed by atoms with Gasteiger partial charge in [0.1, 0.15) is 0 Å². The lowest BCUT2D eigenvalue weighted by Gasteiger charge is -2.21. The number of benzene rings is 1. The van der Waals surface area contributed by atoms with Crippen molar-refractivity contribution in [1.29, 1.82) is 0 Å². The molecular weight excluding hydrogens is 256 g/mol. The molecule has 2 atom stereocenters. The van der Waals surface area contributed by atoms with Gasteiger partial charge in [-0.25, -0.2) is 0 Å². The van der Waals surface area contributed by atoms with Gasteiger partial charge in [-0.15, -0.1) is 0 Å². The molecule has 1 aromatic rings. The molecule has 21 heavy (non-hydrogen) atoms. The standard InChI is InChI=1S/C19H30N2/c1-14(2)12-16-4-6-17(7-5-16)15(3)20-18-10-11-21(13-18)19-8-9-19/h4-7,14-15,18-20H,8-13H2,1-3H3. The van der Waals surface area contributed by atoms with Crippen LogP contribution in [-0.2, 0) is 6.42 Å². The third kappa shape index (κ3) is 4.08. The van der Waals surface area contributed by atoms with Gasteiger partial charge in [-0.3, -0.25) is 4.90 Å². The number of rotatable bonds is 6. The van der Waals surface area contributed by atoms with E-state index in [4.69, 9.17) is 0 Å². The van der Waals surface area contributed by atoms with E-state index in [9.17, 15) is 0 Å². The van der Waals surface area contributed by atoms with E-state index in [0.717, 1.165) is 12.0 Å². The molecule has 2 unspecified atom stereocenters. The summed E-state index contributed by atoms with van der Waals surface area (Å²) in [5.74, 6) is 0.735. The second-order valence-electron chi connectivity index (χ2n) is 7.44. The zero-order valence-corrected chi connectivity index (χ0v) is 13.8. The normalized spacial score (nSPS) is 24.7. The van der Waals surface area contributed by atoms with Crippen molar-refractivity contribution in [1.82, 2.24) is 10.2 Å². The third-order valence-corrected chi connectivity index (χ3v) is 4.89. The van der Waals surface area contributed by atoms with Crippen LogP contribution in [0.2, 0.25) is 0 Å². The third-order valence-electron chi connectivity index (χ3n) is 4.89. The average Bonchev–Trinajstić information content (AvgIpc) is 3.20. The number of hydrogen-bond acceptors (Lipinski definition) is 2. The van der Waals surface area contributed by atoms with Crippen molar-refractivity contribution in [3.05, 3.63) is 35.4 Å². The summed E-state index contributed by atoms with van der Waals surface area (Å²) >= 11 is 0. The number of hydrogen-bond donors (Lipinski definition) is 1. The zero-order chi connectivity index (χ0) is 14.8. The summed E-state index contributed by atoms with van der Waals surface area (Å²) in [6.07, 6.45) is 5.35. The Bertz CT molecular complexity index is 447. The van der Waals surface area contributed by atoms with Crippen LogP contribution in [0.15, 0.2) is 24.3 Å². The summed E-state index contributed by atoms with van der Waals surface area (Å²) in [6, 6.07) is 11.3. The van der Waals surface area contributed by atoms with E-state index in [0.29, 0.717) is 12.1 Å². The summed E-state index contributed by atoms with van der Waals surface area (Å²) < 4.78 is 0. The van der Waals surface area contributed by atoms with Gasteiger partial charge in [0.25, 0.3) is 0 Å². The fraction of sp³-hybridized carbons (Fsp3) is 0.684. The second-order valence-corrected chi connectivity index (χ2v) is 7.44. The Morgan fingerprint density at radius 1 is 1.10 bits per heavy atom. The first-order valence-electron chi connectivity index (χ1n) is 8.70. The number of likely N-dealkylation sites (tertiary alicyclic amines) is 1. The molecule has 3 rings (SSSR count). The van der Waals surface area contributed by atoms with Crippen molar-refractivity contribution in [3.8, 4) is 0 Å². The highest BCUT2D eigenvalue weighted by Gasteiger charge is 2.34. The molecule has 2 nitrogen and oxygen atoms in total. The van der Waals surface area contributed by atoms with Crippen LogP contribution in [0.5, 0.6) is 0 Å². The second kappa shape index (κ2) is 6.50. The van der Waals surface area contributed by atoms with Gasteiger partial charge in [0.15, 0.2) is 0 Å². The lowest BCUT2D eigenvalue weighted by Crippen LogP contribution is -2.34. The molecule has 0 radical (unpaired) electrons. The quantitative estimate of drug-likeness (QED) is 0.856. The Morgan fingerprint density at radius 3 is 2.43 bits per heavy atom. The van der Waals surface area contributed by atoms with Crippen LogP contribution in [0.4, 0.5) is 0 Å². The summed E-state index contributed by atoms with van der Waals surface area (Å²) in [5.41, 5.74) is 2.88. The maximum absolute atomic E-state index is 3.83. The topological polar surface area (TPSA) is 15.3 Å². The van der Waals surface area contributed by atoms with Crippen LogP contribution >= 0.6 is 0 Å². The molecule has 2 aliphatic rings. The zero-order valence-electron chi connectivity index (χ0n) is 13.8. The maximum Gasteiger partial charge on any atom is 0.0294 e. The first-order valence-corrected chi connectivity index (χ1v) is 8.70. The van der Waals surface area contributed by atoms with Gasteiger partial charge in [0.2, 0.25) is 0 Å². The van der Waals surface area contributed by atoms with E-state index in [1.165, 1.54) is 49.9 Å². The molecule has 1 saturated carbocycles. The van der Waals surface area contributed by atoms with Crippen molar-refractivity contribution in [2.75, 3.05) is 13.1 Å². The first-order chi connectivity index (χ1) is 10.1. The predicted octanol–water partition coefficient (Wildman–Crippen LogP) is 3.77. The monoisotopic (exact) mass is 286 g/mol. The van der Waals surface area contributed by atoms with Crippen LogP contribution in [0.25, 0.3) is 0 Å². The van der Waals surface area contributed by atoms with Gasteiger partial charge in [-0.2, -0.15) is 0 Å². The van der Waals surface area contributed by atoms with E-state index < -0.39 is 0 Å². The molecule has 1 saturated heterocycles. The molecule has 1 aliphatic heterocycles. The Hall–Kier alpha value is -0.860. The van der Waals surface area contributed by atoms with E-state index in [1.807, 2.05) is 0 Å². The molecule has 116 valence electrons. The highest BCUT2D eigenvalue weighted by atomic mass is 15.2. The molecule has 2 fully saturated rings. The molecule has 1 aliphatic carbocycles. The van der Waals surface area contributed by atoms with E-state index >= 15 is 0 Å². The van der Waals surface area contributed by atoms with Gasteiger partial charge < -0.3 is 5.32 Å². The smallest absolute Gasteiger partial charge is 0.0294 e. The van der Waals surface area contributed by atoms with E-state index in [2.05, 4.69) is 55.3 Å². The molecule has 1 heterocycles. The minimum atomic E-state index is 0.460. The van der Waals surface area contributed by atoms with Gasteiger partial charge in [-0.05, 0) is 49.7 Å². The molecule has 1 aromatic carbocycles. The molecule has 1 N–H and O–H groups in total. The average molecular weight is 286 g/mol. The molecule has 0 aromatic heterocycles. The van der Waals surface area contributed by atoms with Crippen LogP contribution < -0.4 is 5.32 Å². The molecular formula is C19H30N2. The largest absolute Gasteiger partial charge is 0.306 e. The van der Waals surface area contributed by atoms with Crippen LogP contribution in [-0.4, -0.2) is 30.1 Å². The summed E-state index contributed by atoms with van der Waals surface area (Å²) in [7, 11) is 0. The van der Waals surface area contributed by atoms with Gasteiger partial charge >= 0.3 is 0 Å². The molecule has 0 amide bonds. The number of nitrogens with one attached hydrogen (secondary N) is 1. The summed E-state index contributed by atoms with van der Waals surface area (Å²) in [6.45, 7) is 9.41. The molecule has 0 bridgehead atoms. The van der Waals surface area contributed by atoms with Crippen molar-refractivity contribution >= 4 is 0 Å². The highest BCUT2D eigenvalue weighted by Crippen LogP contribution is 2.30. The van der Waals surface area contributed by atoms with Crippen LogP contribution in [0, 0.1) is 5.92 Å². The fourth-order valence-electron chi connectivity index (χ4n) is 3.56. The highest BCUT2D eigenvalue weighted by molar-refractivity contribution is 5.25. The van der Waals surface area contributed by atoms with Gasteiger partial charge in [0.05, 0.1) is 0 Å². The van der Waals surface area contributed by atoms with Crippen LogP contribution in [0.1, 0.15) is 57.2 Å². The Labute approximate surface area is 129 Å². The SMILES string of the molecule is CC(C)Cc1ccc(C(C)NC2CCN(C3CC3)C2)cc1. The molecule has 2 heteroatoms. The Balaban J connectivity index is 1.51. The first kappa shape index (κ1) is 15.1. The minimum Gasteiger partial charge on any atom is -0.306 e. The Kier molecular flexibility index (Phi) is 4.66. The van der Waals surface area contributed by atoms with Crippen molar-refractivity contribution in [2.24, 2.45) is 5.92 Å².